The molecule has 0 spiro atoms. The highest BCUT2D eigenvalue weighted by molar-refractivity contribution is 5.78. The number of rotatable bonds is 7. The summed E-state index contributed by atoms with van der Waals surface area (Å²) in [5.74, 6) is 2.24. The van der Waals surface area contributed by atoms with Gasteiger partial charge in [-0.2, -0.15) is 0 Å². The average Bonchev–Trinajstić information content (AvgIpc) is 3.42. The van der Waals surface area contributed by atoms with Crippen LogP contribution < -0.4 is 15.1 Å². The summed E-state index contributed by atoms with van der Waals surface area (Å²) in [6, 6.07) is 12.9. The minimum absolute atomic E-state index is 0.111. The molecule has 0 aliphatic carbocycles. The number of hydrogen-bond acceptors (Lipinski definition) is 6. The third-order valence-corrected chi connectivity index (χ3v) is 7.42. The van der Waals surface area contributed by atoms with Gasteiger partial charge in [0.1, 0.15) is 0 Å². The molecule has 3 aliphatic heterocycles. The molecule has 0 radical (unpaired) electrons. The summed E-state index contributed by atoms with van der Waals surface area (Å²) in [4.78, 5) is 19.7. The number of nitrogens with zero attached hydrogens (tertiary/aromatic N) is 5. The zero-order valence-electron chi connectivity index (χ0n) is 19.6. The SMILES string of the molecule is O=C(NCCCN1CCc2ccccc2C1)C1CCN(c2ccc(N3CCCC3)nn2)CC1. The van der Waals surface area contributed by atoms with Crippen LogP contribution in [0.5, 0.6) is 0 Å². The summed E-state index contributed by atoms with van der Waals surface area (Å²) in [5, 5.41) is 12.1. The van der Waals surface area contributed by atoms with Crippen LogP contribution in [0.15, 0.2) is 36.4 Å². The molecule has 33 heavy (non-hydrogen) atoms. The molecule has 2 saturated heterocycles. The van der Waals surface area contributed by atoms with Gasteiger partial charge in [-0.15, -0.1) is 10.2 Å². The fourth-order valence-corrected chi connectivity index (χ4v) is 5.38. The molecule has 5 rings (SSSR count). The Hall–Kier alpha value is -2.67. The summed E-state index contributed by atoms with van der Waals surface area (Å²) >= 11 is 0. The van der Waals surface area contributed by atoms with Crippen molar-refractivity contribution in [2.24, 2.45) is 5.92 Å². The fraction of sp³-hybridized carbons (Fsp3) is 0.577. The van der Waals surface area contributed by atoms with Crippen molar-refractivity contribution >= 4 is 17.5 Å². The molecule has 2 fully saturated rings. The highest BCUT2D eigenvalue weighted by Gasteiger charge is 2.26. The normalized spacial score (nSPS) is 19.5. The van der Waals surface area contributed by atoms with Gasteiger partial charge in [0.2, 0.25) is 5.91 Å². The third-order valence-electron chi connectivity index (χ3n) is 7.42. The molecule has 4 heterocycles. The Bertz CT molecular complexity index is 919. The smallest absolute Gasteiger partial charge is 0.223 e. The lowest BCUT2D eigenvalue weighted by Gasteiger charge is -2.32. The van der Waals surface area contributed by atoms with E-state index in [1.807, 2.05) is 0 Å². The van der Waals surface area contributed by atoms with Gasteiger partial charge in [-0.3, -0.25) is 9.69 Å². The van der Waals surface area contributed by atoms with Crippen LogP contribution in [0.3, 0.4) is 0 Å². The molecule has 3 aliphatic rings. The third kappa shape index (κ3) is 5.46. The van der Waals surface area contributed by atoms with E-state index in [-0.39, 0.29) is 11.8 Å². The number of anilines is 2. The minimum atomic E-state index is 0.111. The van der Waals surface area contributed by atoms with Crippen LogP contribution in [0.1, 0.15) is 43.2 Å². The van der Waals surface area contributed by atoms with Crippen LogP contribution in [0, 0.1) is 5.92 Å². The molecule has 0 saturated carbocycles. The first kappa shape index (κ1) is 22.1. The van der Waals surface area contributed by atoms with Crippen molar-refractivity contribution in [2.45, 2.75) is 45.1 Å². The number of piperidine rings is 1. The summed E-state index contributed by atoms with van der Waals surface area (Å²) in [6.45, 7) is 7.85. The number of amides is 1. The highest BCUT2D eigenvalue weighted by atomic mass is 16.1. The van der Waals surface area contributed by atoms with Gasteiger partial charge < -0.3 is 15.1 Å². The standard InChI is InChI=1S/C26H36N6O/c33-26(27-13-5-14-30-17-10-21-6-1-2-7-23(21)20-30)22-11-18-32(19-12-22)25-9-8-24(28-29-25)31-15-3-4-16-31/h1-2,6-9,22H,3-5,10-20H2,(H,27,33). The molecule has 1 aromatic carbocycles. The Kier molecular flexibility index (Phi) is 7.05. The Morgan fingerprint density at radius 1 is 0.879 bits per heavy atom. The van der Waals surface area contributed by atoms with Crippen molar-refractivity contribution in [3.63, 3.8) is 0 Å². The number of aromatic nitrogens is 2. The Morgan fingerprint density at radius 2 is 1.55 bits per heavy atom. The predicted octanol–water partition coefficient (Wildman–Crippen LogP) is 2.86. The first-order valence-corrected chi connectivity index (χ1v) is 12.7. The van der Waals surface area contributed by atoms with E-state index in [1.165, 1.54) is 24.0 Å². The van der Waals surface area contributed by atoms with Gasteiger partial charge in [0, 0.05) is 58.3 Å². The van der Waals surface area contributed by atoms with E-state index in [4.69, 9.17) is 0 Å². The number of carbonyl (C=O) groups excluding carboxylic acids is 1. The van der Waals surface area contributed by atoms with E-state index in [9.17, 15) is 4.79 Å². The number of nitrogens with one attached hydrogen (secondary N) is 1. The van der Waals surface area contributed by atoms with Gasteiger partial charge in [0.05, 0.1) is 0 Å². The molecule has 1 aromatic heterocycles. The Balaban J connectivity index is 1.00. The highest BCUT2D eigenvalue weighted by Crippen LogP contribution is 2.24. The molecule has 0 atom stereocenters. The Labute approximate surface area is 197 Å². The number of carbonyl (C=O) groups is 1. The first-order valence-electron chi connectivity index (χ1n) is 12.7. The summed E-state index contributed by atoms with van der Waals surface area (Å²) in [6.07, 6.45) is 6.38. The second kappa shape index (κ2) is 10.5. The monoisotopic (exact) mass is 448 g/mol. The molecule has 2 aromatic rings. The molecular formula is C26H36N6O. The minimum Gasteiger partial charge on any atom is -0.356 e. The van der Waals surface area contributed by atoms with Gasteiger partial charge in [0.15, 0.2) is 11.6 Å². The van der Waals surface area contributed by atoms with Crippen LogP contribution in [0.25, 0.3) is 0 Å². The Morgan fingerprint density at radius 3 is 2.24 bits per heavy atom. The average molecular weight is 449 g/mol. The van der Waals surface area contributed by atoms with Crippen molar-refractivity contribution < 1.29 is 4.79 Å². The van der Waals surface area contributed by atoms with E-state index in [1.54, 1.807) is 0 Å². The zero-order chi connectivity index (χ0) is 22.5. The van der Waals surface area contributed by atoms with Crippen LogP contribution >= 0.6 is 0 Å². The lowest BCUT2D eigenvalue weighted by Crippen LogP contribution is -2.41. The zero-order valence-corrected chi connectivity index (χ0v) is 19.6. The fourth-order valence-electron chi connectivity index (χ4n) is 5.38. The quantitative estimate of drug-likeness (QED) is 0.657. The molecule has 1 N–H and O–H groups in total. The number of fused-ring (bicyclic) bond motifs is 1. The maximum absolute atomic E-state index is 12.7. The van der Waals surface area contributed by atoms with Gasteiger partial charge in [-0.05, 0) is 61.8 Å². The summed E-state index contributed by atoms with van der Waals surface area (Å²) in [5.41, 5.74) is 2.94. The predicted molar refractivity (Wildman–Crippen MR) is 131 cm³/mol. The molecule has 176 valence electrons. The molecule has 7 nitrogen and oxygen atoms in total. The van der Waals surface area contributed by atoms with Gasteiger partial charge in [0.25, 0.3) is 0 Å². The van der Waals surface area contributed by atoms with Crippen molar-refractivity contribution in [2.75, 3.05) is 55.6 Å². The van der Waals surface area contributed by atoms with E-state index in [2.05, 4.69) is 66.6 Å². The van der Waals surface area contributed by atoms with Crippen LogP contribution in [0.4, 0.5) is 11.6 Å². The number of hydrogen-bond donors (Lipinski definition) is 1. The van der Waals surface area contributed by atoms with Crippen molar-refractivity contribution in [1.82, 2.24) is 20.4 Å². The molecule has 1 amide bonds. The topological polar surface area (TPSA) is 64.6 Å². The van der Waals surface area contributed by atoms with Gasteiger partial charge in [-0.25, -0.2) is 0 Å². The van der Waals surface area contributed by atoms with Crippen molar-refractivity contribution in [3.05, 3.63) is 47.5 Å². The number of benzene rings is 1. The lowest BCUT2D eigenvalue weighted by molar-refractivity contribution is -0.125. The van der Waals surface area contributed by atoms with E-state index in [0.29, 0.717) is 0 Å². The molecule has 0 unspecified atom stereocenters. The molecule has 7 heteroatoms. The van der Waals surface area contributed by atoms with Crippen LogP contribution in [-0.4, -0.2) is 66.8 Å². The lowest BCUT2D eigenvalue weighted by atomic mass is 9.96. The van der Waals surface area contributed by atoms with Gasteiger partial charge in [-0.1, -0.05) is 24.3 Å². The molecular weight excluding hydrogens is 412 g/mol. The van der Waals surface area contributed by atoms with Crippen LogP contribution in [-0.2, 0) is 17.8 Å². The van der Waals surface area contributed by atoms with E-state index >= 15 is 0 Å². The second-order valence-electron chi connectivity index (χ2n) is 9.64. The van der Waals surface area contributed by atoms with E-state index in [0.717, 1.165) is 89.7 Å². The summed E-state index contributed by atoms with van der Waals surface area (Å²) < 4.78 is 0. The van der Waals surface area contributed by atoms with Gasteiger partial charge >= 0.3 is 0 Å². The largest absolute Gasteiger partial charge is 0.356 e. The van der Waals surface area contributed by atoms with E-state index < -0.39 is 0 Å². The maximum atomic E-state index is 12.7. The van der Waals surface area contributed by atoms with Crippen LogP contribution in [0.2, 0.25) is 0 Å². The summed E-state index contributed by atoms with van der Waals surface area (Å²) in [7, 11) is 0. The molecule has 0 bridgehead atoms. The first-order chi connectivity index (χ1) is 16.3. The van der Waals surface area contributed by atoms with Crippen molar-refractivity contribution in [1.29, 1.82) is 0 Å². The maximum Gasteiger partial charge on any atom is 0.223 e. The van der Waals surface area contributed by atoms with Crippen molar-refractivity contribution in [3.8, 4) is 0 Å². The second-order valence-corrected chi connectivity index (χ2v) is 9.64.